The van der Waals surface area contributed by atoms with Crippen molar-refractivity contribution in [1.82, 2.24) is 14.8 Å². The fourth-order valence-corrected chi connectivity index (χ4v) is 5.60. The van der Waals surface area contributed by atoms with E-state index >= 15 is 0 Å². The van der Waals surface area contributed by atoms with Gasteiger partial charge in [-0.2, -0.15) is 0 Å². The lowest BCUT2D eigenvalue weighted by molar-refractivity contribution is -0.117. The number of aromatic nitrogens is 1. The van der Waals surface area contributed by atoms with Gasteiger partial charge in [0.2, 0.25) is 5.91 Å². The van der Waals surface area contributed by atoms with Gasteiger partial charge in [0.25, 0.3) is 0 Å². The van der Waals surface area contributed by atoms with E-state index in [1.165, 1.54) is 17.0 Å². The lowest BCUT2D eigenvalue weighted by atomic mass is 9.95. The molecule has 1 amide bonds. The average Bonchev–Trinajstić information content (AvgIpc) is 3.31. The number of anilines is 1. The van der Waals surface area contributed by atoms with Gasteiger partial charge >= 0.3 is 0 Å². The smallest absolute Gasteiger partial charge is 0.240 e. The molecule has 4 rings (SSSR count). The maximum atomic E-state index is 12.4. The van der Waals surface area contributed by atoms with Crippen molar-refractivity contribution < 1.29 is 9.90 Å². The zero-order chi connectivity index (χ0) is 20.9. The number of β-amino-alcohol motifs (C(OH)–C–C–N with tert-alkyl or cyclic N) is 1. The highest BCUT2D eigenvalue weighted by atomic mass is 32.1. The summed E-state index contributed by atoms with van der Waals surface area (Å²) < 4.78 is 0. The van der Waals surface area contributed by atoms with Crippen molar-refractivity contribution in [2.45, 2.75) is 38.2 Å². The van der Waals surface area contributed by atoms with Crippen molar-refractivity contribution in [1.29, 1.82) is 0 Å². The number of piperidine rings is 1. The van der Waals surface area contributed by atoms with Gasteiger partial charge in [-0.25, -0.2) is 4.98 Å². The predicted molar refractivity (Wildman–Crippen MR) is 121 cm³/mol. The van der Waals surface area contributed by atoms with Crippen LogP contribution in [0.15, 0.2) is 30.3 Å². The second-order valence-corrected chi connectivity index (χ2v) is 9.74. The molecule has 1 unspecified atom stereocenters. The second kappa shape index (κ2) is 10.0. The minimum Gasteiger partial charge on any atom is -0.387 e. The number of fused-ring (bicyclic) bond motifs is 1. The molecule has 6 nitrogen and oxygen atoms in total. The van der Waals surface area contributed by atoms with Crippen molar-refractivity contribution in [3.8, 4) is 0 Å². The number of carbonyl (C=O) groups excluding carboxylic acids is 1. The summed E-state index contributed by atoms with van der Waals surface area (Å²) in [6.07, 6.45) is 5.11. The molecular weight excluding hydrogens is 396 g/mol. The van der Waals surface area contributed by atoms with Crippen LogP contribution in [0.4, 0.5) is 5.13 Å². The maximum Gasteiger partial charge on any atom is 0.240 e. The standard InChI is InChI=1S/C23H32N4O2S/c1-26(16-22(29)25-23-24-19-8-5-9-21(19)30-23)14-17-10-12-27(13-11-17)15-20(28)18-6-3-2-4-7-18/h2-4,6-7,17,20,28H,5,8-16H2,1H3,(H,24,25,29). The number of aliphatic hydroxyl groups excluding tert-OH is 1. The van der Waals surface area contributed by atoms with Crippen molar-refractivity contribution >= 4 is 22.4 Å². The van der Waals surface area contributed by atoms with E-state index in [-0.39, 0.29) is 5.91 Å². The fraction of sp³-hybridized carbons (Fsp3) is 0.565. The minimum atomic E-state index is -0.429. The topological polar surface area (TPSA) is 68.7 Å². The zero-order valence-corrected chi connectivity index (χ0v) is 18.5. The molecule has 2 aromatic rings. The summed E-state index contributed by atoms with van der Waals surface area (Å²) in [6.45, 7) is 4.01. The molecule has 2 heterocycles. The summed E-state index contributed by atoms with van der Waals surface area (Å²) in [5.41, 5.74) is 2.16. The average molecular weight is 429 g/mol. The number of hydrogen-bond acceptors (Lipinski definition) is 6. The number of thiazole rings is 1. The molecule has 30 heavy (non-hydrogen) atoms. The van der Waals surface area contributed by atoms with Gasteiger partial charge in [-0.3, -0.25) is 9.69 Å². The third-order valence-electron chi connectivity index (χ3n) is 6.15. The first-order valence-corrected chi connectivity index (χ1v) is 11.8. The molecule has 2 aliphatic rings. The first-order chi connectivity index (χ1) is 14.6. The largest absolute Gasteiger partial charge is 0.387 e. The molecule has 1 fully saturated rings. The van der Waals surface area contributed by atoms with Crippen LogP contribution < -0.4 is 5.32 Å². The second-order valence-electron chi connectivity index (χ2n) is 8.66. The predicted octanol–water partition coefficient (Wildman–Crippen LogP) is 2.95. The molecule has 0 bridgehead atoms. The van der Waals surface area contributed by atoms with Crippen molar-refractivity contribution in [2.24, 2.45) is 5.92 Å². The summed E-state index contributed by atoms with van der Waals surface area (Å²) in [5.74, 6) is 0.616. The monoisotopic (exact) mass is 428 g/mol. The summed E-state index contributed by atoms with van der Waals surface area (Å²) in [5, 5.41) is 14.2. The Morgan fingerprint density at radius 3 is 2.80 bits per heavy atom. The molecule has 7 heteroatoms. The Kier molecular flexibility index (Phi) is 7.15. The summed E-state index contributed by atoms with van der Waals surface area (Å²) >= 11 is 1.63. The Labute approximate surface area is 182 Å². The highest BCUT2D eigenvalue weighted by molar-refractivity contribution is 7.15. The van der Waals surface area contributed by atoms with Crippen LogP contribution in [0, 0.1) is 5.92 Å². The van der Waals surface area contributed by atoms with Gasteiger partial charge in [-0.15, -0.1) is 11.3 Å². The fourth-order valence-electron chi connectivity index (χ4n) is 4.53. The Bertz CT molecular complexity index is 811. The first kappa shape index (κ1) is 21.4. The quantitative estimate of drug-likeness (QED) is 0.677. The van der Waals surface area contributed by atoms with Gasteiger partial charge in [0.1, 0.15) is 0 Å². The van der Waals surface area contributed by atoms with Crippen molar-refractivity contribution in [3.05, 3.63) is 46.5 Å². The van der Waals surface area contributed by atoms with Gasteiger partial charge in [0.15, 0.2) is 5.13 Å². The van der Waals surface area contributed by atoms with E-state index in [4.69, 9.17) is 0 Å². The van der Waals surface area contributed by atoms with Gasteiger partial charge in [0, 0.05) is 18.0 Å². The summed E-state index contributed by atoms with van der Waals surface area (Å²) in [6, 6.07) is 9.88. The SMILES string of the molecule is CN(CC(=O)Nc1nc2c(s1)CCC2)CC1CCN(CC(O)c2ccccc2)CC1. The molecule has 162 valence electrons. The number of nitrogens with zero attached hydrogens (tertiary/aromatic N) is 3. The number of carbonyl (C=O) groups is 1. The zero-order valence-electron chi connectivity index (χ0n) is 17.7. The third-order valence-corrected chi connectivity index (χ3v) is 7.22. The number of hydrogen-bond donors (Lipinski definition) is 2. The van der Waals surface area contributed by atoms with E-state index in [1.807, 2.05) is 37.4 Å². The van der Waals surface area contributed by atoms with E-state index in [2.05, 4.69) is 20.1 Å². The molecule has 1 aliphatic heterocycles. The number of likely N-dealkylation sites (N-methyl/N-ethyl adjacent to an activating group) is 1. The van der Waals surface area contributed by atoms with Crippen molar-refractivity contribution in [3.63, 3.8) is 0 Å². The normalized spacial score (nSPS) is 18.5. The Morgan fingerprint density at radius 2 is 2.07 bits per heavy atom. The molecule has 1 aromatic heterocycles. The van der Waals surface area contributed by atoms with Gasteiger partial charge in [-0.1, -0.05) is 30.3 Å². The number of nitrogens with one attached hydrogen (secondary N) is 1. The molecular formula is C23H32N4O2S. The van der Waals surface area contributed by atoms with E-state index in [1.54, 1.807) is 11.3 Å². The first-order valence-electron chi connectivity index (χ1n) is 11.0. The van der Waals surface area contributed by atoms with Gasteiger partial charge in [-0.05, 0) is 63.7 Å². The lowest BCUT2D eigenvalue weighted by Crippen LogP contribution is -2.41. The van der Waals surface area contributed by atoms with E-state index in [0.29, 0.717) is 19.0 Å². The Hall–Kier alpha value is -1.80. The van der Waals surface area contributed by atoms with Crippen LogP contribution in [0.25, 0.3) is 0 Å². The third kappa shape index (κ3) is 5.66. The number of amides is 1. The Balaban J connectivity index is 1.16. The number of benzene rings is 1. The molecule has 0 saturated carbocycles. The molecule has 1 aliphatic carbocycles. The molecule has 2 N–H and O–H groups in total. The van der Waals surface area contributed by atoms with Crippen LogP contribution >= 0.6 is 11.3 Å². The summed E-state index contributed by atoms with van der Waals surface area (Å²) in [4.78, 5) is 22.7. The van der Waals surface area contributed by atoms with Crippen LogP contribution in [0.5, 0.6) is 0 Å². The molecule has 1 atom stereocenters. The van der Waals surface area contributed by atoms with Gasteiger partial charge < -0.3 is 15.3 Å². The van der Waals surface area contributed by atoms with Gasteiger partial charge in [0.05, 0.1) is 18.3 Å². The van der Waals surface area contributed by atoms with Crippen LogP contribution in [-0.4, -0.2) is 65.6 Å². The Morgan fingerprint density at radius 1 is 1.30 bits per heavy atom. The van der Waals surface area contributed by atoms with Crippen LogP contribution in [0.3, 0.4) is 0 Å². The maximum absolute atomic E-state index is 12.4. The minimum absolute atomic E-state index is 0.0216. The van der Waals surface area contributed by atoms with Crippen LogP contribution in [0.2, 0.25) is 0 Å². The van der Waals surface area contributed by atoms with E-state index in [0.717, 1.165) is 56.0 Å². The number of likely N-dealkylation sites (tertiary alicyclic amines) is 1. The summed E-state index contributed by atoms with van der Waals surface area (Å²) in [7, 11) is 2.02. The van der Waals surface area contributed by atoms with E-state index in [9.17, 15) is 9.90 Å². The molecule has 0 spiro atoms. The van der Waals surface area contributed by atoms with E-state index < -0.39 is 6.10 Å². The highest BCUT2D eigenvalue weighted by Crippen LogP contribution is 2.30. The number of rotatable bonds is 8. The highest BCUT2D eigenvalue weighted by Gasteiger charge is 2.23. The molecule has 1 aromatic carbocycles. The van der Waals surface area contributed by atoms with Crippen LogP contribution in [0.1, 0.15) is 41.5 Å². The number of aliphatic hydroxyl groups is 1. The lowest BCUT2D eigenvalue weighted by Gasteiger charge is -2.34. The van der Waals surface area contributed by atoms with Crippen LogP contribution in [-0.2, 0) is 17.6 Å². The molecule has 1 saturated heterocycles. The number of aryl methyl sites for hydroxylation is 2. The molecule has 0 radical (unpaired) electrons. The van der Waals surface area contributed by atoms with Crippen molar-refractivity contribution in [2.75, 3.05) is 45.1 Å².